The van der Waals surface area contributed by atoms with Gasteiger partial charge in [0.2, 0.25) is 0 Å². The van der Waals surface area contributed by atoms with Crippen molar-refractivity contribution in [3.8, 4) is 0 Å². The van der Waals surface area contributed by atoms with Gasteiger partial charge in [0.05, 0.1) is 21.9 Å². The van der Waals surface area contributed by atoms with Crippen molar-refractivity contribution < 1.29 is 18.1 Å². The maximum absolute atomic E-state index is 13.1. The van der Waals surface area contributed by atoms with Gasteiger partial charge in [-0.3, -0.25) is 19.7 Å². The van der Waals surface area contributed by atoms with Gasteiger partial charge in [0, 0.05) is 36.8 Å². The van der Waals surface area contributed by atoms with E-state index in [2.05, 4.69) is 4.98 Å². The van der Waals surface area contributed by atoms with Gasteiger partial charge in [0.15, 0.2) is 5.13 Å². The van der Waals surface area contributed by atoms with E-state index in [1.165, 1.54) is 6.07 Å². The maximum atomic E-state index is 13.1. The fraction of sp³-hybridized carbons (Fsp3) is 0.316. The number of pyridine rings is 1. The molecule has 4 heterocycles. The van der Waals surface area contributed by atoms with E-state index in [-0.39, 0.29) is 27.4 Å². The Hall–Kier alpha value is -3.28. The summed E-state index contributed by atoms with van der Waals surface area (Å²) >= 11 is 0.815. The lowest BCUT2D eigenvalue weighted by atomic mass is 9.97. The van der Waals surface area contributed by atoms with E-state index in [9.17, 15) is 32.9 Å². The Morgan fingerprint density at radius 1 is 1.19 bits per heavy atom. The SMILES string of the molecule is O=c1nc(N2CC3C[C@H](C2)n2c3cccc2=O)sc2c([N+](=O)[O-])cc(C(F)(F)F)cc12. The molecule has 0 saturated carbocycles. The zero-order chi connectivity index (χ0) is 22.1. The number of benzene rings is 1. The Bertz CT molecular complexity index is 1370. The summed E-state index contributed by atoms with van der Waals surface area (Å²) < 4.78 is 41.0. The van der Waals surface area contributed by atoms with Crippen LogP contribution in [0.5, 0.6) is 0 Å². The van der Waals surface area contributed by atoms with Gasteiger partial charge in [-0.1, -0.05) is 17.4 Å². The molecule has 1 aromatic carbocycles. The van der Waals surface area contributed by atoms with Crippen LogP contribution in [0.25, 0.3) is 10.1 Å². The fourth-order valence-electron chi connectivity index (χ4n) is 4.45. The molecule has 0 N–H and O–H groups in total. The van der Waals surface area contributed by atoms with Crippen molar-refractivity contribution in [2.75, 3.05) is 18.0 Å². The summed E-state index contributed by atoms with van der Waals surface area (Å²) in [5.74, 6) is 0.0232. The number of fused-ring (bicyclic) bond motifs is 6. The van der Waals surface area contributed by atoms with Gasteiger partial charge in [-0.2, -0.15) is 18.2 Å². The van der Waals surface area contributed by atoms with Crippen LogP contribution in [0.2, 0.25) is 0 Å². The smallest absolute Gasteiger partial charge is 0.345 e. The normalized spacial score (nSPS) is 20.2. The van der Waals surface area contributed by atoms with Crippen LogP contribution >= 0.6 is 11.3 Å². The van der Waals surface area contributed by atoms with E-state index in [1.54, 1.807) is 15.5 Å². The first-order chi connectivity index (χ1) is 14.6. The average molecular weight is 450 g/mol. The second-order valence-electron chi connectivity index (χ2n) is 7.58. The number of nitrogens with zero attached hydrogens (tertiary/aromatic N) is 4. The van der Waals surface area contributed by atoms with Crippen LogP contribution in [-0.4, -0.2) is 27.6 Å². The van der Waals surface area contributed by atoms with Crippen LogP contribution in [0.15, 0.2) is 39.9 Å². The molecule has 0 amide bonds. The molecule has 8 nitrogen and oxygen atoms in total. The van der Waals surface area contributed by atoms with Crippen molar-refractivity contribution in [2.24, 2.45) is 0 Å². The second kappa shape index (κ2) is 6.61. The number of non-ortho nitro benzene ring substituents is 1. The zero-order valence-electron chi connectivity index (χ0n) is 15.6. The molecule has 5 rings (SSSR count). The van der Waals surface area contributed by atoms with E-state index in [0.717, 1.165) is 23.5 Å². The molecule has 0 spiro atoms. The van der Waals surface area contributed by atoms with Gasteiger partial charge in [0.25, 0.3) is 16.8 Å². The minimum absolute atomic E-state index is 0.0232. The molecule has 1 unspecified atom stereocenters. The fourth-order valence-corrected chi connectivity index (χ4v) is 5.53. The van der Waals surface area contributed by atoms with Crippen LogP contribution in [0.4, 0.5) is 24.0 Å². The molecule has 2 atom stereocenters. The molecule has 3 aromatic rings. The van der Waals surface area contributed by atoms with E-state index < -0.39 is 33.3 Å². The van der Waals surface area contributed by atoms with Crippen LogP contribution in [0.1, 0.15) is 29.6 Å². The molecule has 31 heavy (non-hydrogen) atoms. The number of aromatic nitrogens is 2. The first-order valence-electron chi connectivity index (χ1n) is 9.30. The summed E-state index contributed by atoms with van der Waals surface area (Å²) in [7, 11) is 0. The predicted octanol–water partition coefficient (Wildman–Crippen LogP) is 3.29. The molecule has 1 fully saturated rings. The molecule has 2 bridgehead atoms. The Labute approximate surface area is 175 Å². The lowest BCUT2D eigenvalue weighted by Gasteiger charge is -2.31. The van der Waals surface area contributed by atoms with Crippen LogP contribution in [-0.2, 0) is 6.18 Å². The Kier molecular flexibility index (Phi) is 4.19. The number of anilines is 1. The van der Waals surface area contributed by atoms with Crippen molar-refractivity contribution in [1.29, 1.82) is 0 Å². The van der Waals surface area contributed by atoms with Gasteiger partial charge in [-0.05, 0) is 18.6 Å². The highest BCUT2D eigenvalue weighted by molar-refractivity contribution is 7.22. The highest BCUT2D eigenvalue weighted by Gasteiger charge is 2.39. The van der Waals surface area contributed by atoms with E-state index in [4.69, 9.17) is 0 Å². The predicted molar refractivity (Wildman–Crippen MR) is 107 cm³/mol. The summed E-state index contributed by atoms with van der Waals surface area (Å²) in [4.78, 5) is 41.1. The number of halogens is 3. The Morgan fingerprint density at radius 3 is 2.68 bits per heavy atom. The van der Waals surface area contributed by atoms with Crippen molar-refractivity contribution in [3.63, 3.8) is 0 Å². The van der Waals surface area contributed by atoms with Gasteiger partial charge >= 0.3 is 6.18 Å². The molecule has 12 heteroatoms. The monoisotopic (exact) mass is 450 g/mol. The van der Waals surface area contributed by atoms with Crippen molar-refractivity contribution in [3.05, 3.63) is 72.4 Å². The van der Waals surface area contributed by atoms with Crippen LogP contribution in [0.3, 0.4) is 0 Å². The molecule has 0 aliphatic carbocycles. The third-order valence-electron chi connectivity index (χ3n) is 5.72. The number of alkyl halides is 3. The number of hydrogen-bond donors (Lipinski definition) is 0. The van der Waals surface area contributed by atoms with Gasteiger partial charge in [-0.15, -0.1) is 0 Å². The second-order valence-corrected chi connectivity index (χ2v) is 8.56. The summed E-state index contributed by atoms with van der Waals surface area (Å²) in [6, 6.07) is 5.95. The summed E-state index contributed by atoms with van der Waals surface area (Å²) in [6.07, 6.45) is -4.08. The first-order valence-corrected chi connectivity index (χ1v) is 10.1. The molecule has 0 radical (unpaired) electrons. The van der Waals surface area contributed by atoms with Gasteiger partial charge in [-0.25, -0.2) is 0 Å². The minimum atomic E-state index is -4.83. The third-order valence-corrected chi connectivity index (χ3v) is 6.88. The number of piperidine rings is 1. The highest BCUT2D eigenvalue weighted by Crippen LogP contribution is 2.43. The molecule has 160 valence electrons. The average Bonchev–Trinajstić information content (AvgIpc) is 2.97. The van der Waals surface area contributed by atoms with Gasteiger partial charge in [0.1, 0.15) is 4.70 Å². The molecule has 2 aliphatic rings. The number of nitro benzene ring substituents is 1. The zero-order valence-corrected chi connectivity index (χ0v) is 16.4. The van der Waals surface area contributed by atoms with Crippen molar-refractivity contribution in [2.45, 2.75) is 24.6 Å². The molecular weight excluding hydrogens is 437 g/mol. The lowest BCUT2D eigenvalue weighted by Crippen LogP contribution is -2.37. The van der Waals surface area contributed by atoms with Crippen LogP contribution in [0, 0.1) is 10.1 Å². The Morgan fingerprint density at radius 2 is 1.97 bits per heavy atom. The first kappa shape index (κ1) is 19.7. The summed E-state index contributed by atoms with van der Waals surface area (Å²) in [5.41, 5.74) is -2.24. The van der Waals surface area contributed by atoms with E-state index in [1.807, 2.05) is 6.07 Å². The molecule has 2 aromatic heterocycles. The molecule has 2 aliphatic heterocycles. The van der Waals surface area contributed by atoms with E-state index in [0.29, 0.717) is 25.2 Å². The number of nitro groups is 1. The topological polar surface area (TPSA) is 98.3 Å². The highest BCUT2D eigenvalue weighted by atomic mass is 32.1. The Balaban J connectivity index is 1.62. The lowest BCUT2D eigenvalue weighted by molar-refractivity contribution is -0.383. The van der Waals surface area contributed by atoms with E-state index >= 15 is 0 Å². The van der Waals surface area contributed by atoms with Crippen molar-refractivity contribution >= 4 is 32.2 Å². The number of hydrogen-bond acceptors (Lipinski definition) is 7. The number of rotatable bonds is 2. The summed E-state index contributed by atoms with van der Waals surface area (Å²) in [5, 5.41) is 11.2. The third kappa shape index (κ3) is 3.09. The molecular formula is C19H13F3N4O4S. The van der Waals surface area contributed by atoms with Gasteiger partial charge < -0.3 is 9.47 Å². The maximum Gasteiger partial charge on any atom is 0.416 e. The quantitative estimate of drug-likeness (QED) is 0.439. The standard InChI is InChI=1S/C19H13F3N4O4S/c20-19(21,22)10-5-12-16(14(6-10)26(29)30)31-18(23-17(12)28)24-7-9-4-11(8-24)25-13(9)2-1-3-15(25)27/h1-3,5-6,9,11H,4,7-8H2/t9?,11-/m1/s1. The van der Waals surface area contributed by atoms with Crippen molar-refractivity contribution in [1.82, 2.24) is 9.55 Å². The minimum Gasteiger partial charge on any atom is -0.345 e. The van der Waals surface area contributed by atoms with Crippen LogP contribution < -0.4 is 16.0 Å². The molecule has 1 saturated heterocycles. The largest absolute Gasteiger partial charge is 0.416 e. The summed E-state index contributed by atoms with van der Waals surface area (Å²) in [6.45, 7) is 0.819.